The highest BCUT2D eigenvalue weighted by Gasteiger charge is 2.18. The Kier molecular flexibility index (Phi) is 5.34. The van der Waals surface area contributed by atoms with Crippen LogP contribution in [0.5, 0.6) is 11.5 Å². The van der Waals surface area contributed by atoms with Gasteiger partial charge in [-0.05, 0) is 36.4 Å². The van der Waals surface area contributed by atoms with Gasteiger partial charge in [-0.15, -0.1) is 0 Å². The summed E-state index contributed by atoms with van der Waals surface area (Å²) >= 11 is 12.6. The molecule has 21 heavy (non-hydrogen) atoms. The van der Waals surface area contributed by atoms with E-state index < -0.39 is 0 Å². The third kappa shape index (κ3) is 3.43. The van der Waals surface area contributed by atoms with E-state index >= 15 is 0 Å². The van der Waals surface area contributed by atoms with Gasteiger partial charge in [0, 0.05) is 11.1 Å². The molecular weight excluding hydrogens is 309 g/mol. The van der Waals surface area contributed by atoms with Gasteiger partial charge in [-0.25, -0.2) is 0 Å². The lowest BCUT2D eigenvalue weighted by Gasteiger charge is -2.20. The largest absolute Gasteiger partial charge is 0.497 e. The molecule has 3 nitrogen and oxygen atoms in total. The molecule has 0 bridgehead atoms. The van der Waals surface area contributed by atoms with E-state index in [2.05, 4.69) is 5.32 Å². The molecular formula is C16H17Cl2NO2. The molecule has 0 spiro atoms. The van der Waals surface area contributed by atoms with Gasteiger partial charge in [0.2, 0.25) is 0 Å². The Labute approximate surface area is 134 Å². The number of nitrogens with one attached hydrogen (secondary N) is 1. The highest BCUT2D eigenvalue weighted by atomic mass is 35.5. The first-order valence-electron chi connectivity index (χ1n) is 6.44. The van der Waals surface area contributed by atoms with Crippen molar-refractivity contribution in [1.29, 1.82) is 0 Å². The van der Waals surface area contributed by atoms with Gasteiger partial charge in [0.15, 0.2) is 0 Å². The third-order valence-electron chi connectivity index (χ3n) is 3.30. The molecule has 5 heteroatoms. The molecule has 0 amide bonds. The van der Waals surface area contributed by atoms with Crippen molar-refractivity contribution in [2.24, 2.45) is 0 Å². The fourth-order valence-electron chi connectivity index (χ4n) is 2.24. The van der Waals surface area contributed by atoms with Gasteiger partial charge in [0.05, 0.1) is 25.3 Å². The molecule has 0 radical (unpaired) electrons. The van der Waals surface area contributed by atoms with Crippen molar-refractivity contribution >= 4 is 23.2 Å². The van der Waals surface area contributed by atoms with Crippen molar-refractivity contribution in [3.05, 3.63) is 57.6 Å². The quantitative estimate of drug-likeness (QED) is 0.888. The molecule has 0 fully saturated rings. The van der Waals surface area contributed by atoms with Crippen molar-refractivity contribution in [3.63, 3.8) is 0 Å². The zero-order valence-electron chi connectivity index (χ0n) is 12.1. The molecule has 1 N–H and O–H groups in total. The van der Waals surface area contributed by atoms with Crippen molar-refractivity contribution in [1.82, 2.24) is 5.32 Å². The minimum atomic E-state index is -0.0870. The van der Waals surface area contributed by atoms with Crippen LogP contribution < -0.4 is 14.8 Å². The number of halogens is 2. The Morgan fingerprint density at radius 1 is 1.00 bits per heavy atom. The molecule has 2 aromatic carbocycles. The van der Waals surface area contributed by atoms with Crippen molar-refractivity contribution in [2.75, 3.05) is 21.3 Å². The van der Waals surface area contributed by atoms with E-state index in [0.29, 0.717) is 15.8 Å². The summed E-state index contributed by atoms with van der Waals surface area (Å²) in [5.41, 5.74) is 1.93. The Hall–Kier alpha value is -1.42. The first kappa shape index (κ1) is 16.0. The van der Waals surface area contributed by atoms with Crippen LogP contribution in [0.3, 0.4) is 0 Å². The lowest BCUT2D eigenvalue weighted by atomic mass is 9.98. The van der Waals surface area contributed by atoms with E-state index in [1.165, 1.54) is 0 Å². The van der Waals surface area contributed by atoms with E-state index in [1.807, 2.05) is 37.4 Å². The number of ether oxygens (including phenoxy) is 2. The van der Waals surface area contributed by atoms with E-state index in [4.69, 9.17) is 32.7 Å². The van der Waals surface area contributed by atoms with Gasteiger partial charge in [0.1, 0.15) is 11.5 Å². The first-order chi connectivity index (χ1) is 10.1. The van der Waals surface area contributed by atoms with Crippen LogP contribution in [-0.2, 0) is 0 Å². The van der Waals surface area contributed by atoms with Crippen LogP contribution in [0.15, 0.2) is 36.4 Å². The number of methoxy groups -OCH3 is 2. The molecule has 1 unspecified atom stereocenters. The van der Waals surface area contributed by atoms with E-state index in [-0.39, 0.29) is 6.04 Å². The second-order valence-electron chi connectivity index (χ2n) is 4.51. The number of rotatable bonds is 5. The Morgan fingerprint density at radius 3 is 2.38 bits per heavy atom. The van der Waals surface area contributed by atoms with Crippen LogP contribution in [0.4, 0.5) is 0 Å². The zero-order valence-corrected chi connectivity index (χ0v) is 13.6. The molecule has 0 aromatic heterocycles. The van der Waals surface area contributed by atoms with Crippen LogP contribution in [0.2, 0.25) is 10.0 Å². The SMILES string of the molecule is CNC(c1cccc(OC)c1)c1cc(Cl)c(OC)cc1Cl. The highest BCUT2D eigenvalue weighted by Crippen LogP contribution is 2.36. The van der Waals surface area contributed by atoms with Crippen LogP contribution in [0.1, 0.15) is 17.2 Å². The molecule has 0 aliphatic rings. The molecule has 1 atom stereocenters. The Balaban J connectivity index is 2.48. The summed E-state index contributed by atoms with van der Waals surface area (Å²) in [4.78, 5) is 0. The summed E-state index contributed by atoms with van der Waals surface area (Å²) in [7, 11) is 5.08. The van der Waals surface area contributed by atoms with E-state index in [0.717, 1.165) is 16.9 Å². The first-order valence-corrected chi connectivity index (χ1v) is 7.20. The lowest BCUT2D eigenvalue weighted by Crippen LogP contribution is -2.18. The summed E-state index contributed by atoms with van der Waals surface area (Å²) in [6, 6.07) is 11.3. The Bertz CT molecular complexity index is 632. The van der Waals surface area contributed by atoms with Gasteiger partial charge in [-0.1, -0.05) is 35.3 Å². The van der Waals surface area contributed by atoms with Crippen molar-refractivity contribution in [3.8, 4) is 11.5 Å². The fraction of sp³-hybridized carbons (Fsp3) is 0.250. The second kappa shape index (κ2) is 7.03. The zero-order chi connectivity index (χ0) is 15.4. The molecule has 0 saturated heterocycles. The highest BCUT2D eigenvalue weighted by molar-refractivity contribution is 6.34. The maximum atomic E-state index is 6.37. The number of hydrogen-bond acceptors (Lipinski definition) is 3. The summed E-state index contributed by atoms with van der Waals surface area (Å²) in [5, 5.41) is 4.38. The van der Waals surface area contributed by atoms with Gasteiger partial charge < -0.3 is 14.8 Å². The summed E-state index contributed by atoms with van der Waals surface area (Å²) < 4.78 is 10.4. The maximum absolute atomic E-state index is 6.37. The number of benzene rings is 2. The smallest absolute Gasteiger partial charge is 0.138 e. The van der Waals surface area contributed by atoms with Crippen LogP contribution in [0.25, 0.3) is 0 Å². The normalized spacial score (nSPS) is 12.0. The summed E-state index contributed by atoms with van der Waals surface area (Å²) in [6.07, 6.45) is 0. The van der Waals surface area contributed by atoms with Gasteiger partial charge >= 0.3 is 0 Å². The fourth-order valence-corrected chi connectivity index (χ4v) is 2.76. The van der Waals surface area contributed by atoms with Gasteiger partial charge in [-0.3, -0.25) is 0 Å². The lowest BCUT2D eigenvalue weighted by molar-refractivity contribution is 0.413. The molecule has 112 valence electrons. The minimum absolute atomic E-state index is 0.0870. The monoisotopic (exact) mass is 325 g/mol. The standard InChI is InChI=1S/C16H17Cl2NO2/c1-19-16(10-5-4-6-11(7-10)20-2)12-8-14(18)15(21-3)9-13(12)17/h4-9,16,19H,1-3H3. The molecule has 0 saturated carbocycles. The third-order valence-corrected chi connectivity index (χ3v) is 3.92. The topological polar surface area (TPSA) is 30.5 Å². The average molecular weight is 326 g/mol. The van der Waals surface area contributed by atoms with Crippen LogP contribution >= 0.6 is 23.2 Å². The van der Waals surface area contributed by atoms with E-state index in [1.54, 1.807) is 20.3 Å². The van der Waals surface area contributed by atoms with Crippen LogP contribution in [0, 0.1) is 0 Å². The maximum Gasteiger partial charge on any atom is 0.138 e. The minimum Gasteiger partial charge on any atom is -0.497 e. The second-order valence-corrected chi connectivity index (χ2v) is 5.32. The van der Waals surface area contributed by atoms with Crippen LogP contribution in [-0.4, -0.2) is 21.3 Å². The van der Waals surface area contributed by atoms with E-state index in [9.17, 15) is 0 Å². The predicted molar refractivity (Wildman–Crippen MR) is 86.9 cm³/mol. The molecule has 2 rings (SSSR count). The van der Waals surface area contributed by atoms with Gasteiger partial charge in [0.25, 0.3) is 0 Å². The van der Waals surface area contributed by atoms with Crippen molar-refractivity contribution in [2.45, 2.75) is 6.04 Å². The predicted octanol–water partition coefficient (Wildman–Crippen LogP) is 4.32. The molecule has 0 heterocycles. The molecule has 2 aromatic rings. The average Bonchev–Trinajstić information content (AvgIpc) is 2.51. The van der Waals surface area contributed by atoms with Gasteiger partial charge in [-0.2, -0.15) is 0 Å². The van der Waals surface area contributed by atoms with Crippen molar-refractivity contribution < 1.29 is 9.47 Å². The molecule has 0 aliphatic heterocycles. The summed E-state index contributed by atoms with van der Waals surface area (Å²) in [5.74, 6) is 1.36. The Morgan fingerprint density at radius 2 is 1.76 bits per heavy atom. The number of hydrogen-bond donors (Lipinski definition) is 1. The summed E-state index contributed by atoms with van der Waals surface area (Å²) in [6.45, 7) is 0. The molecule has 0 aliphatic carbocycles.